The largest absolute Gasteiger partial charge is 0.397 e. The smallest absolute Gasteiger partial charge is 0.274 e. The zero-order valence-corrected chi connectivity index (χ0v) is 11.0. The summed E-state index contributed by atoms with van der Waals surface area (Å²) < 4.78 is 4.81. The van der Waals surface area contributed by atoms with E-state index in [1.807, 2.05) is 0 Å². The van der Waals surface area contributed by atoms with Gasteiger partial charge in [-0.05, 0) is 12.1 Å². The van der Waals surface area contributed by atoms with Gasteiger partial charge in [0.1, 0.15) is 0 Å². The van der Waals surface area contributed by atoms with E-state index < -0.39 is 0 Å². The third-order valence-corrected chi connectivity index (χ3v) is 2.40. The first kappa shape index (κ1) is 14.9. The molecule has 0 saturated heterocycles. The lowest BCUT2D eigenvalue weighted by atomic mass is 10.2. The zero-order chi connectivity index (χ0) is 14.3. The molecule has 1 aromatic heterocycles. The van der Waals surface area contributed by atoms with E-state index in [1.165, 1.54) is 18.1 Å². The number of hydrogen-bond acceptors (Lipinski definition) is 5. The van der Waals surface area contributed by atoms with Crippen molar-refractivity contribution in [3.63, 3.8) is 0 Å². The lowest BCUT2D eigenvalue weighted by Gasteiger charge is -2.17. The standard InChI is InChI=1S/C12H18N4O3/c1-16(8-10(17)14-6-7-19-2)12(18)11-9(13)4-3-5-15-11/h3-5H,6-8,13H2,1-2H3,(H,14,17). The van der Waals surface area contributed by atoms with Crippen LogP contribution in [0.3, 0.4) is 0 Å². The molecule has 0 bridgehead atoms. The number of carbonyl (C=O) groups excluding carboxylic acids is 2. The molecule has 0 aliphatic carbocycles. The summed E-state index contributed by atoms with van der Waals surface area (Å²) in [6.45, 7) is 0.776. The first-order valence-electron chi connectivity index (χ1n) is 5.78. The molecule has 1 heterocycles. The number of nitrogens with one attached hydrogen (secondary N) is 1. The van der Waals surface area contributed by atoms with Gasteiger partial charge in [0.05, 0.1) is 18.8 Å². The Balaban J connectivity index is 2.54. The van der Waals surface area contributed by atoms with Crippen LogP contribution in [0.25, 0.3) is 0 Å². The molecule has 0 unspecified atom stereocenters. The van der Waals surface area contributed by atoms with E-state index in [2.05, 4.69) is 10.3 Å². The van der Waals surface area contributed by atoms with Gasteiger partial charge in [-0.15, -0.1) is 0 Å². The third-order valence-electron chi connectivity index (χ3n) is 2.40. The van der Waals surface area contributed by atoms with Crippen molar-refractivity contribution in [3.8, 4) is 0 Å². The summed E-state index contributed by atoms with van der Waals surface area (Å²) in [5.74, 6) is -0.651. The molecule has 2 amide bonds. The highest BCUT2D eigenvalue weighted by atomic mass is 16.5. The van der Waals surface area contributed by atoms with E-state index in [9.17, 15) is 9.59 Å². The maximum atomic E-state index is 12.0. The molecule has 104 valence electrons. The number of ether oxygens (including phenoxy) is 1. The van der Waals surface area contributed by atoms with Crippen molar-refractivity contribution >= 4 is 17.5 Å². The molecule has 0 radical (unpaired) electrons. The number of carbonyl (C=O) groups is 2. The molecule has 0 aliphatic rings. The number of methoxy groups -OCH3 is 1. The van der Waals surface area contributed by atoms with E-state index in [-0.39, 0.29) is 24.1 Å². The van der Waals surface area contributed by atoms with Gasteiger partial charge in [-0.2, -0.15) is 0 Å². The number of nitrogens with zero attached hydrogens (tertiary/aromatic N) is 2. The van der Waals surface area contributed by atoms with Gasteiger partial charge in [0.2, 0.25) is 5.91 Å². The van der Waals surface area contributed by atoms with Crippen molar-refractivity contribution in [3.05, 3.63) is 24.0 Å². The van der Waals surface area contributed by atoms with Crippen LogP contribution in [0.1, 0.15) is 10.5 Å². The number of rotatable bonds is 6. The van der Waals surface area contributed by atoms with Crippen molar-refractivity contribution in [2.75, 3.05) is 39.6 Å². The summed E-state index contributed by atoms with van der Waals surface area (Å²) in [5.41, 5.74) is 6.10. The summed E-state index contributed by atoms with van der Waals surface area (Å²) in [4.78, 5) is 28.7. The van der Waals surface area contributed by atoms with E-state index in [1.54, 1.807) is 19.2 Å². The van der Waals surface area contributed by atoms with Crippen LogP contribution < -0.4 is 11.1 Å². The molecule has 0 aliphatic heterocycles. The van der Waals surface area contributed by atoms with Gasteiger partial charge in [0.25, 0.3) is 5.91 Å². The molecule has 7 heteroatoms. The minimum Gasteiger partial charge on any atom is -0.397 e. The number of hydrogen-bond donors (Lipinski definition) is 2. The Morgan fingerprint density at radius 2 is 2.26 bits per heavy atom. The number of amides is 2. The number of likely N-dealkylation sites (N-methyl/N-ethyl adjacent to an activating group) is 1. The second-order valence-electron chi connectivity index (χ2n) is 3.95. The number of aromatic nitrogens is 1. The van der Waals surface area contributed by atoms with Crippen molar-refractivity contribution in [1.29, 1.82) is 0 Å². The SMILES string of the molecule is COCCNC(=O)CN(C)C(=O)c1ncccc1N. The lowest BCUT2D eigenvalue weighted by molar-refractivity contribution is -0.121. The van der Waals surface area contributed by atoms with E-state index in [0.717, 1.165) is 0 Å². The van der Waals surface area contributed by atoms with Crippen LogP contribution in [0.4, 0.5) is 5.69 Å². The average Bonchev–Trinajstić information content (AvgIpc) is 2.38. The van der Waals surface area contributed by atoms with Gasteiger partial charge in [-0.25, -0.2) is 4.98 Å². The van der Waals surface area contributed by atoms with Gasteiger partial charge < -0.3 is 20.7 Å². The maximum Gasteiger partial charge on any atom is 0.274 e. The second kappa shape index (κ2) is 7.32. The molecule has 7 nitrogen and oxygen atoms in total. The Labute approximate surface area is 111 Å². The highest BCUT2D eigenvalue weighted by Gasteiger charge is 2.17. The fourth-order valence-corrected chi connectivity index (χ4v) is 1.41. The summed E-state index contributed by atoms with van der Waals surface area (Å²) in [6.07, 6.45) is 1.48. The third kappa shape index (κ3) is 4.55. The van der Waals surface area contributed by atoms with Crippen LogP contribution in [-0.2, 0) is 9.53 Å². The molecule has 1 aromatic rings. The molecule has 3 N–H and O–H groups in total. The van der Waals surface area contributed by atoms with Gasteiger partial charge >= 0.3 is 0 Å². The van der Waals surface area contributed by atoms with E-state index in [4.69, 9.17) is 10.5 Å². The monoisotopic (exact) mass is 266 g/mol. The Morgan fingerprint density at radius 1 is 1.53 bits per heavy atom. The molecule has 0 spiro atoms. The highest BCUT2D eigenvalue weighted by molar-refractivity contribution is 5.98. The number of anilines is 1. The summed E-state index contributed by atoms with van der Waals surface area (Å²) in [7, 11) is 3.07. The van der Waals surface area contributed by atoms with Crippen molar-refractivity contribution in [2.45, 2.75) is 0 Å². The molecular weight excluding hydrogens is 248 g/mol. The maximum absolute atomic E-state index is 12.0. The van der Waals surface area contributed by atoms with E-state index >= 15 is 0 Å². The van der Waals surface area contributed by atoms with Gasteiger partial charge in [0, 0.05) is 26.9 Å². The molecule has 0 atom stereocenters. The topological polar surface area (TPSA) is 97.5 Å². The number of pyridine rings is 1. The lowest BCUT2D eigenvalue weighted by Crippen LogP contribution is -2.39. The highest BCUT2D eigenvalue weighted by Crippen LogP contribution is 2.09. The minimum absolute atomic E-state index is 0.0570. The average molecular weight is 266 g/mol. The second-order valence-corrected chi connectivity index (χ2v) is 3.95. The first-order chi connectivity index (χ1) is 9.06. The normalized spacial score (nSPS) is 10.0. The Kier molecular flexibility index (Phi) is 5.74. The van der Waals surface area contributed by atoms with Crippen molar-refractivity contribution in [1.82, 2.24) is 15.2 Å². The van der Waals surface area contributed by atoms with Gasteiger partial charge in [-0.3, -0.25) is 9.59 Å². The molecule has 0 saturated carbocycles. The molecule has 0 fully saturated rings. The van der Waals surface area contributed by atoms with Crippen LogP contribution in [0.15, 0.2) is 18.3 Å². The van der Waals surface area contributed by atoms with Crippen LogP contribution in [0, 0.1) is 0 Å². The first-order valence-corrected chi connectivity index (χ1v) is 5.78. The molecule has 19 heavy (non-hydrogen) atoms. The fourth-order valence-electron chi connectivity index (χ4n) is 1.41. The zero-order valence-electron chi connectivity index (χ0n) is 11.0. The Hall–Kier alpha value is -2.15. The van der Waals surface area contributed by atoms with Gasteiger partial charge in [0.15, 0.2) is 5.69 Å². The molecule has 1 rings (SSSR count). The Bertz CT molecular complexity index is 450. The quantitative estimate of drug-likeness (QED) is 0.676. The van der Waals surface area contributed by atoms with Crippen molar-refractivity contribution < 1.29 is 14.3 Å². The summed E-state index contributed by atoms with van der Waals surface area (Å²) >= 11 is 0. The summed E-state index contributed by atoms with van der Waals surface area (Å²) in [6, 6.07) is 3.23. The van der Waals surface area contributed by atoms with E-state index in [0.29, 0.717) is 18.8 Å². The molecule has 0 aromatic carbocycles. The fraction of sp³-hybridized carbons (Fsp3) is 0.417. The van der Waals surface area contributed by atoms with Crippen LogP contribution in [0.5, 0.6) is 0 Å². The van der Waals surface area contributed by atoms with Crippen LogP contribution in [0.2, 0.25) is 0 Å². The van der Waals surface area contributed by atoms with Crippen LogP contribution >= 0.6 is 0 Å². The van der Waals surface area contributed by atoms with Crippen molar-refractivity contribution in [2.24, 2.45) is 0 Å². The minimum atomic E-state index is -0.389. The Morgan fingerprint density at radius 3 is 2.89 bits per heavy atom. The summed E-state index contributed by atoms with van der Waals surface area (Å²) in [5, 5.41) is 2.63. The predicted octanol–water partition coefficient (Wildman–Crippen LogP) is -0.502. The molecular formula is C12H18N4O3. The number of nitrogen functional groups attached to an aromatic ring is 1. The predicted molar refractivity (Wildman–Crippen MR) is 70.5 cm³/mol. The number of nitrogens with two attached hydrogens (primary N) is 1. The van der Waals surface area contributed by atoms with Crippen LogP contribution in [-0.4, -0.2) is 55.6 Å². The van der Waals surface area contributed by atoms with Gasteiger partial charge in [-0.1, -0.05) is 0 Å².